The zero-order valence-corrected chi connectivity index (χ0v) is 12.6. The number of piperidine rings is 1. The number of likely N-dealkylation sites (tertiary alicyclic amines) is 1. The molecule has 0 saturated carbocycles. The predicted molar refractivity (Wildman–Crippen MR) is 79.7 cm³/mol. The van der Waals surface area contributed by atoms with E-state index in [4.69, 9.17) is 23.2 Å². The Balaban J connectivity index is 2.02. The molecule has 1 heterocycles. The van der Waals surface area contributed by atoms with Crippen molar-refractivity contribution in [2.45, 2.75) is 44.5 Å². The molecular formula is C15H21Cl2N. The summed E-state index contributed by atoms with van der Waals surface area (Å²) >= 11 is 12.6. The molecular weight excluding hydrogens is 265 g/mol. The van der Waals surface area contributed by atoms with Crippen LogP contribution in [0.3, 0.4) is 0 Å². The maximum Gasteiger partial charge on any atom is 0.0712 e. The van der Waals surface area contributed by atoms with Gasteiger partial charge in [0, 0.05) is 17.6 Å². The molecule has 0 amide bonds. The van der Waals surface area contributed by atoms with Gasteiger partial charge in [0.1, 0.15) is 0 Å². The highest BCUT2D eigenvalue weighted by atomic mass is 35.5. The molecule has 1 aliphatic rings. The van der Waals surface area contributed by atoms with Gasteiger partial charge in [0.15, 0.2) is 0 Å². The van der Waals surface area contributed by atoms with E-state index in [1.165, 1.54) is 31.4 Å². The summed E-state index contributed by atoms with van der Waals surface area (Å²) in [6, 6.07) is 6.76. The van der Waals surface area contributed by atoms with Crippen LogP contribution in [-0.2, 0) is 0 Å². The van der Waals surface area contributed by atoms with Gasteiger partial charge in [-0.2, -0.15) is 0 Å². The highest BCUT2D eigenvalue weighted by Gasteiger charge is 2.21. The van der Waals surface area contributed by atoms with Crippen LogP contribution in [-0.4, -0.2) is 24.0 Å². The lowest BCUT2D eigenvalue weighted by Crippen LogP contribution is -2.39. The van der Waals surface area contributed by atoms with Gasteiger partial charge in [-0.3, -0.25) is 4.90 Å². The summed E-state index contributed by atoms with van der Waals surface area (Å²) in [6.45, 7) is 6.44. The van der Waals surface area contributed by atoms with Crippen molar-refractivity contribution in [1.29, 1.82) is 0 Å². The topological polar surface area (TPSA) is 3.24 Å². The van der Waals surface area contributed by atoms with Gasteiger partial charge < -0.3 is 0 Å². The zero-order chi connectivity index (χ0) is 13.1. The number of aryl methyl sites for hydroxylation is 1. The molecule has 3 heteroatoms. The third-order valence-corrected chi connectivity index (χ3v) is 4.69. The van der Waals surface area contributed by atoms with Crippen molar-refractivity contribution in [2.75, 3.05) is 13.1 Å². The number of hydrogen-bond donors (Lipinski definition) is 0. The van der Waals surface area contributed by atoms with Crippen LogP contribution >= 0.6 is 23.2 Å². The molecule has 2 rings (SSSR count). The van der Waals surface area contributed by atoms with Crippen LogP contribution in [0.15, 0.2) is 18.2 Å². The van der Waals surface area contributed by atoms with Crippen LogP contribution in [0, 0.1) is 6.92 Å². The second-order valence-electron chi connectivity index (χ2n) is 5.32. The minimum Gasteiger partial charge on any atom is -0.299 e. The Kier molecular flexibility index (Phi) is 4.94. The second-order valence-corrected chi connectivity index (χ2v) is 6.25. The Hall–Kier alpha value is -0.240. The van der Waals surface area contributed by atoms with E-state index >= 15 is 0 Å². The summed E-state index contributed by atoms with van der Waals surface area (Å²) in [4.78, 5) is 2.51. The number of alkyl halides is 1. The van der Waals surface area contributed by atoms with Crippen LogP contribution in [0.5, 0.6) is 0 Å². The molecule has 1 fully saturated rings. The molecule has 1 aromatic carbocycles. The van der Waals surface area contributed by atoms with Crippen molar-refractivity contribution >= 4 is 23.2 Å². The van der Waals surface area contributed by atoms with E-state index in [0.29, 0.717) is 6.04 Å². The quantitative estimate of drug-likeness (QED) is 0.721. The van der Waals surface area contributed by atoms with Crippen molar-refractivity contribution < 1.29 is 0 Å². The minimum atomic E-state index is 0.0570. The van der Waals surface area contributed by atoms with Crippen LogP contribution in [0.25, 0.3) is 0 Å². The Morgan fingerprint density at radius 1 is 1.39 bits per heavy atom. The molecule has 0 aliphatic carbocycles. The first kappa shape index (κ1) is 14.2. The van der Waals surface area contributed by atoms with Gasteiger partial charge in [0.05, 0.1) is 5.38 Å². The zero-order valence-electron chi connectivity index (χ0n) is 11.1. The van der Waals surface area contributed by atoms with Gasteiger partial charge in [-0.25, -0.2) is 0 Å². The van der Waals surface area contributed by atoms with Crippen LogP contribution in [0.4, 0.5) is 0 Å². The van der Waals surface area contributed by atoms with Crippen molar-refractivity contribution in [3.63, 3.8) is 0 Å². The number of benzene rings is 1. The molecule has 1 aliphatic heterocycles. The van der Waals surface area contributed by atoms with Crippen LogP contribution in [0.1, 0.15) is 42.7 Å². The molecule has 2 unspecified atom stereocenters. The Bertz CT molecular complexity index is 405. The first-order valence-electron chi connectivity index (χ1n) is 6.72. The maximum absolute atomic E-state index is 6.54. The fourth-order valence-electron chi connectivity index (χ4n) is 2.60. The normalized spacial score (nSPS) is 23.0. The number of halogens is 2. The summed E-state index contributed by atoms with van der Waals surface area (Å²) in [5.41, 5.74) is 2.28. The minimum absolute atomic E-state index is 0.0570. The Morgan fingerprint density at radius 3 is 2.83 bits per heavy atom. The van der Waals surface area contributed by atoms with Gasteiger partial charge in [0.25, 0.3) is 0 Å². The smallest absolute Gasteiger partial charge is 0.0712 e. The second kappa shape index (κ2) is 6.27. The molecule has 1 nitrogen and oxygen atoms in total. The van der Waals surface area contributed by atoms with Crippen molar-refractivity contribution in [3.05, 3.63) is 34.3 Å². The van der Waals surface area contributed by atoms with E-state index in [1.807, 2.05) is 19.1 Å². The molecule has 18 heavy (non-hydrogen) atoms. The van der Waals surface area contributed by atoms with Gasteiger partial charge in [-0.05, 0) is 50.4 Å². The van der Waals surface area contributed by atoms with Gasteiger partial charge in [-0.1, -0.05) is 30.2 Å². The standard InChI is InChI=1S/C15H21Cl2N/c1-11-9-13(6-7-14(11)16)15(17)10-18-8-4-3-5-12(18)2/h6-7,9,12,15H,3-5,8,10H2,1-2H3. The molecule has 0 spiro atoms. The third kappa shape index (κ3) is 3.40. The first-order chi connectivity index (χ1) is 8.58. The summed E-state index contributed by atoms with van der Waals surface area (Å²) in [6.07, 6.45) is 3.95. The van der Waals surface area contributed by atoms with Gasteiger partial charge in [-0.15, -0.1) is 11.6 Å². The molecule has 0 radical (unpaired) electrons. The van der Waals surface area contributed by atoms with E-state index in [-0.39, 0.29) is 5.38 Å². The lowest BCUT2D eigenvalue weighted by molar-refractivity contribution is 0.161. The molecule has 0 aromatic heterocycles. The number of hydrogen-bond acceptors (Lipinski definition) is 1. The molecule has 0 bridgehead atoms. The van der Waals surface area contributed by atoms with Crippen LogP contribution in [0.2, 0.25) is 5.02 Å². The average molecular weight is 286 g/mol. The Morgan fingerprint density at radius 2 is 2.17 bits per heavy atom. The lowest BCUT2D eigenvalue weighted by Gasteiger charge is -2.34. The fraction of sp³-hybridized carbons (Fsp3) is 0.600. The largest absolute Gasteiger partial charge is 0.299 e. The van der Waals surface area contributed by atoms with Crippen LogP contribution < -0.4 is 0 Å². The summed E-state index contributed by atoms with van der Waals surface area (Å²) in [5, 5.41) is 0.871. The highest BCUT2D eigenvalue weighted by Crippen LogP contribution is 2.28. The van der Waals surface area contributed by atoms with E-state index in [1.54, 1.807) is 0 Å². The molecule has 0 N–H and O–H groups in total. The summed E-state index contributed by atoms with van der Waals surface area (Å²) in [5.74, 6) is 0. The average Bonchev–Trinajstić information content (AvgIpc) is 2.35. The number of rotatable bonds is 3. The predicted octanol–water partition coefficient (Wildman–Crippen LogP) is 4.80. The fourth-order valence-corrected chi connectivity index (χ4v) is 3.03. The molecule has 1 aromatic rings. The summed E-state index contributed by atoms with van der Waals surface area (Å²) < 4.78 is 0. The third-order valence-electron chi connectivity index (χ3n) is 3.88. The molecule has 1 saturated heterocycles. The van der Waals surface area contributed by atoms with E-state index < -0.39 is 0 Å². The van der Waals surface area contributed by atoms with E-state index in [0.717, 1.165) is 17.1 Å². The van der Waals surface area contributed by atoms with Gasteiger partial charge >= 0.3 is 0 Å². The van der Waals surface area contributed by atoms with Gasteiger partial charge in [0.2, 0.25) is 0 Å². The lowest BCUT2D eigenvalue weighted by atomic mass is 10.0. The van der Waals surface area contributed by atoms with Crippen molar-refractivity contribution in [3.8, 4) is 0 Å². The maximum atomic E-state index is 6.54. The molecule has 2 atom stereocenters. The highest BCUT2D eigenvalue weighted by molar-refractivity contribution is 6.31. The SMILES string of the molecule is Cc1cc(C(Cl)CN2CCCCC2C)ccc1Cl. The monoisotopic (exact) mass is 285 g/mol. The number of nitrogens with zero attached hydrogens (tertiary/aromatic N) is 1. The van der Waals surface area contributed by atoms with E-state index in [2.05, 4.69) is 17.9 Å². The van der Waals surface area contributed by atoms with E-state index in [9.17, 15) is 0 Å². The van der Waals surface area contributed by atoms with Crippen molar-refractivity contribution in [2.24, 2.45) is 0 Å². The summed E-state index contributed by atoms with van der Waals surface area (Å²) in [7, 11) is 0. The van der Waals surface area contributed by atoms with Crippen molar-refractivity contribution in [1.82, 2.24) is 4.90 Å². The molecule has 100 valence electrons. The Labute approximate surface area is 120 Å². The first-order valence-corrected chi connectivity index (χ1v) is 7.53.